The van der Waals surface area contributed by atoms with Gasteiger partial charge in [0.15, 0.2) is 17.3 Å². The molecule has 5 aromatic rings. The van der Waals surface area contributed by atoms with E-state index >= 15 is 0 Å². The highest BCUT2D eigenvalue weighted by Gasteiger charge is 2.36. The van der Waals surface area contributed by atoms with Crippen molar-refractivity contribution in [1.29, 1.82) is 0 Å². The largest absolute Gasteiger partial charge is 0.493 e. The fraction of sp³-hybridized carbons (Fsp3) is 0.179. The molecular formula is C28H25N4O7S+. The van der Waals surface area contributed by atoms with Crippen molar-refractivity contribution in [1.82, 2.24) is 10.3 Å². The van der Waals surface area contributed by atoms with Gasteiger partial charge >= 0.3 is 11.3 Å². The lowest BCUT2D eigenvalue weighted by Gasteiger charge is -2.17. The molecule has 0 unspecified atom stereocenters. The second-order valence-corrected chi connectivity index (χ2v) is 9.77. The van der Waals surface area contributed by atoms with Crippen LogP contribution in [0.1, 0.15) is 38.3 Å². The van der Waals surface area contributed by atoms with Gasteiger partial charge in [0.05, 0.1) is 32.7 Å². The molecule has 3 heterocycles. The maximum Gasteiger partial charge on any atom is 0.439 e. The van der Waals surface area contributed by atoms with Crippen molar-refractivity contribution in [3.63, 3.8) is 0 Å². The highest BCUT2D eigenvalue weighted by atomic mass is 32.1. The SMILES string of the molecule is COc1cc(-c2c(C(C)=O)c(C)nc3sc(C(=O)c4c(=O)o[nH][n+]4-c4ccccc4)c(N)c23)cc(OC)c1OC. The van der Waals surface area contributed by atoms with Crippen LogP contribution in [0.4, 0.5) is 5.69 Å². The van der Waals surface area contributed by atoms with Crippen LogP contribution in [0.15, 0.2) is 51.8 Å². The first-order valence-electron chi connectivity index (χ1n) is 12.0. The standard InChI is InChI=1S/C28H24N4O7S/c1-13-19(14(2)33)20(15-11-17(36-3)25(38-5)18(12-15)37-4)21-22(29)26(40-27(21)30-13)24(34)23-28(35)39-31-32(23)16-9-7-6-8-10-16/h6-12H,1-5H3,(H2-,29,31,34,35)/p+1. The third kappa shape index (κ3) is 4.18. The second-order valence-electron chi connectivity index (χ2n) is 8.77. The number of nitrogens with two attached hydrogens (primary N) is 1. The minimum atomic E-state index is -0.857. The second kappa shape index (κ2) is 10.3. The number of fused-ring (bicyclic) bond motifs is 1. The molecule has 40 heavy (non-hydrogen) atoms. The Bertz CT molecular complexity index is 1830. The van der Waals surface area contributed by atoms with Gasteiger partial charge < -0.3 is 19.9 Å². The Balaban J connectivity index is 1.81. The number of carbonyl (C=O) groups is 2. The Morgan fingerprint density at radius 1 is 1.05 bits per heavy atom. The Labute approximate surface area is 231 Å². The number of nitrogens with one attached hydrogen (secondary N) is 1. The molecule has 3 N–H and O–H groups in total. The molecule has 2 aromatic carbocycles. The van der Waals surface area contributed by atoms with Crippen molar-refractivity contribution in [3.05, 3.63) is 74.7 Å². The molecule has 0 amide bonds. The average Bonchev–Trinajstić information content (AvgIpc) is 3.50. The Kier molecular flexibility index (Phi) is 6.86. The summed E-state index contributed by atoms with van der Waals surface area (Å²) in [6, 6.07) is 12.1. The van der Waals surface area contributed by atoms with Gasteiger partial charge in [-0.1, -0.05) is 18.2 Å². The van der Waals surface area contributed by atoms with Gasteiger partial charge in [0.1, 0.15) is 9.71 Å². The first kappa shape index (κ1) is 26.6. The highest BCUT2D eigenvalue weighted by molar-refractivity contribution is 7.21. The van der Waals surface area contributed by atoms with E-state index in [4.69, 9.17) is 24.5 Å². The van der Waals surface area contributed by atoms with Crippen LogP contribution in [-0.2, 0) is 0 Å². The van der Waals surface area contributed by atoms with E-state index in [-0.39, 0.29) is 22.0 Å². The molecule has 204 valence electrons. The lowest BCUT2D eigenvalue weighted by molar-refractivity contribution is -0.672. The molecule has 0 spiro atoms. The number of hydrogen-bond donors (Lipinski definition) is 2. The van der Waals surface area contributed by atoms with Crippen LogP contribution in [0.2, 0.25) is 0 Å². The molecule has 0 aliphatic carbocycles. The van der Waals surface area contributed by atoms with Crippen molar-refractivity contribution in [2.75, 3.05) is 27.1 Å². The van der Waals surface area contributed by atoms with Crippen molar-refractivity contribution in [2.45, 2.75) is 13.8 Å². The first-order valence-corrected chi connectivity index (χ1v) is 12.8. The quantitative estimate of drug-likeness (QED) is 0.212. The third-order valence-electron chi connectivity index (χ3n) is 6.45. The molecule has 0 aliphatic heterocycles. The number of thiophene rings is 1. The highest BCUT2D eigenvalue weighted by Crippen LogP contribution is 2.47. The van der Waals surface area contributed by atoms with E-state index in [9.17, 15) is 14.4 Å². The smallest absolute Gasteiger partial charge is 0.439 e. The average molecular weight is 562 g/mol. The van der Waals surface area contributed by atoms with Gasteiger partial charge in [-0.3, -0.25) is 14.1 Å². The van der Waals surface area contributed by atoms with E-state index in [1.54, 1.807) is 49.4 Å². The van der Waals surface area contributed by atoms with Gasteiger partial charge in [-0.15, -0.1) is 11.3 Å². The molecule has 12 heteroatoms. The van der Waals surface area contributed by atoms with Gasteiger partial charge in [-0.05, 0) is 41.5 Å². The van der Waals surface area contributed by atoms with Crippen LogP contribution in [0.3, 0.4) is 0 Å². The minimum absolute atomic E-state index is 0.0731. The number of Topliss-reactive ketones (excluding diaryl/α,β-unsaturated/α-hetero) is 1. The zero-order chi connectivity index (χ0) is 28.7. The van der Waals surface area contributed by atoms with Gasteiger partial charge in [0, 0.05) is 28.6 Å². The van der Waals surface area contributed by atoms with Crippen LogP contribution in [0.5, 0.6) is 17.2 Å². The van der Waals surface area contributed by atoms with Crippen molar-refractivity contribution >= 4 is 38.8 Å². The topological polar surface area (TPSA) is 151 Å². The van der Waals surface area contributed by atoms with E-state index in [1.165, 1.54) is 32.9 Å². The van der Waals surface area contributed by atoms with Crippen LogP contribution in [-0.4, -0.2) is 43.2 Å². The number of aromatic amines is 1. The lowest BCUT2D eigenvalue weighted by Crippen LogP contribution is -2.41. The summed E-state index contributed by atoms with van der Waals surface area (Å²) in [7, 11) is 4.46. The summed E-state index contributed by atoms with van der Waals surface area (Å²) in [5, 5.41) is 2.87. The summed E-state index contributed by atoms with van der Waals surface area (Å²) < 4.78 is 22.8. The maximum absolute atomic E-state index is 13.8. The number of pyridine rings is 1. The van der Waals surface area contributed by atoms with Crippen LogP contribution in [0, 0.1) is 6.92 Å². The number of H-pyrrole nitrogens is 1. The molecular weight excluding hydrogens is 536 g/mol. The van der Waals surface area contributed by atoms with E-state index in [0.717, 1.165) is 11.3 Å². The fourth-order valence-corrected chi connectivity index (χ4v) is 5.80. The number of aryl methyl sites for hydroxylation is 1. The minimum Gasteiger partial charge on any atom is -0.493 e. The van der Waals surface area contributed by atoms with E-state index in [1.807, 2.05) is 0 Å². The number of ether oxygens (including phenoxy) is 3. The Hall–Kier alpha value is -4.97. The number of aromatic nitrogens is 3. The third-order valence-corrected chi connectivity index (χ3v) is 7.54. The van der Waals surface area contributed by atoms with Crippen LogP contribution >= 0.6 is 11.3 Å². The van der Waals surface area contributed by atoms with Crippen molar-refractivity contribution in [2.24, 2.45) is 0 Å². The number of rotatable bonds is 8. The van der Waals surface area contributed by atoms with Gasteiger partial charge in [-0.25, -0.2) is 9.78 Å². The molecule has 0 fully saturated rings. The molecule has 3 aromatic heterocycles. The number of nitrogen functional groups attached to an aromatic ring is 1. The Morgan fingerprint density at radius 2 is 1.70 bits per heavy atom. The van der Waals surface area contributed by atoms with Gasteiger partial charge in [0.2, 0.25) is 11.4 Å². The monoisotopic (exact) mass is 561 g/mol. The molecule has 5 rings (SSSR count). The number of nitrogens with zero attached hydrogens (tertiary/aromatic N) is 2. The summed E-state index contributed by atoms with van der Waals surface area (Å²) in [4.78, 5) is 44.5. The number of para-hydroxylation sites is 1. The Morgan fingerprint density at radius 3 is 2.27 bits per heavy atom. The number of anilines is 1. The lowest BCUT2D eigenvalue weighted by atomic mass is 9.92. The van der Waals surface area contributed by atoms with Crippen LogP contribution in [0.25, 0.3) is 27.0 Å². The number of methoxy groups -OCH3 is 3. The van der Waals surface area contributed by atoms with Crippen molar-refractivity contribution < 1.29 is 33.0 Å². The molecule has 0 atom stereocenters. The normalized spacial score (nSPS) is 11.0. The molecule has 0 bridgehead atoms. The molecule has 0 saturated heterocycles. The van der Waals surface area contributed by atoms with Crippen molar-refractivity contribution in [3.8, 4) is 34.1 Å². The first-order chi connectivity index (χ1) is 19.2. The van der Waals surface area contributed by atoms with E-state index in [2.05, 4.69) is 10.3 Å². The summed E-state index contributed by atoms with van der Waals surface area (Å²) in [5.74, 6) is 0.208. The van der Waals surface area contributed by atoms with E-state index in [0.29, 0.717) is 55.5 Å². The molecule has 0 radical (unpaired) electrons. The molecule has 0 saturated carbocycles. The number of ketones is 2. The van der Waals surface area contributed by atoms with Crippen LogP contribution < -0.4 is 30.3 Å². The summed E-state index contributed by atoms with van der Waals surface area (Å²) in [6.07, 6.45) is 0. The summed E-state index contributed by atoms with van der Waals surface area (Å²) >= 11 is 1.02. The predicted octanol–water partition coefficient (Wildman–Crippen LogP) is 3.87. The number of carbonyl (C=O) groups excluding carboxylic acids is 2. The zero-order valence-corrected chi connectivity index (χ0v) is 23.1. The molecule has 0 aliphatic rings. The maximum atomic E-state index is 13.8. The number of benzene rings is 2. The molecule has 11 nitrogen and oxygen atoms in total. The zero-order valence-electron chi connectivity index (χ0n) is 22.3. The number of hydrogen-bond acceptors (Lipinski definition) is 10. The van der Waals surface area contributed by atoms with Gasteiger partial charge in [0.25, 0.3) is 5.78 Å². The summed E-state index contributed by atoms with van der Waals surface area (Å²) in [5.41, 5.74) is 7.88. The van der Waals surface area contributed by atoms with Gasteiger partial charge in [-0.2, -0.15) is 0 Å². The summed E-state index contributed by atoms with van der Waals surface area (Å²) in [6.45, 7) is 3.14. The fourth-order valence-electron chi connectivity index (χ4n) is 4.71. The van der Waals surface area contributed by atoms with E-state index < -0.39 is 11.4 Å². The predicted molar refractivity (Wildman–Crippen MR) is 148 cm³/mol.